The van der Waals surface area contributed by atoms with Gasteiger partial charge in [-0.3, -0.25) is 14.4 Å². The molecule has 0 radical (unpaired) electrons. The zero-order chi connectivity index (χ0) is 30.6. The number of para-hydroxylation sites is 1. The van der Waals surface area contributed by atoms with Gasteiger partial charge in [0, 0.05) is 23.5 Å². The van der Waals surface area contributed by atoms with Crippen LogP contribution in [0.3, 0.4) is 0 Å². The molecule has 0 aliphatic carbocycles. The summed E-state index contributed by atoms with van der Waals surface area (Å²) in [7, 11) is 0. The van der Waals surface area contributed by atoms with Crippen LogP contribution in [-0.2, 0) is 32.0 Å². The topological polar surface area (TPSA) is 166 Å². The van der Waals surface area contributed by atoms with E-state index in [-0.39, 0.29) is 18.8 Å². The Hall–Kier alpha value is -3.83. The molecule has 3 aromatic rings. The number of aliphatic carboxylic acids is 1. The minimum Gasteiger partial charge on any atom is -0.480 e. The normalized spacial score (nSPS) is 14.8. The molecule has 0 spiro atoms. The number of hydrogen-bond acceptors (Lipinski definition) is 6. The summed E-state index contributed by atoms with van der Waals surface area (Å²) in [5.74, 6) is -2.49. The third-order valence-electron chi connectivity index (χ3n) is 7.39. The lowest BCUT2D eigenvalue weighted by molar-refractivity contribution is -0.142. The fourth-order valence-corrected chi connectivity index (χ4v) is 5.15. The first-order valence-electron chi connectivity index (χ1n) is 14.1. The van der Waals surface area contributed by atoms with Crippen LogP contribution < -0.4 is 21.7 Å². The van der Waals surface area contributed by atoms with Crippen LogP contribution in [0.25, 0.3) is 10.9 Å². The van der Waals surface area contributed by atoms with E-state index in [2.05, 4.69) is 20.9 Å². The second-order valence-electron chi connectivity index (χ2n) is 10.5. The highest BCUT2D eigenvalue weighted by Crippen LogP contribution is 2.20. The number of carbonyl (C=O) groups is 4. The fourth-order valence-electron chi connectivity index (χ4n) is 4.68. The maximum atomic E-state index is 13.7. The first-order chi connectivity index (χ1) is 20.1. The predicted molar refractivity (Wildman–Crippen MR) is 166 cm³/mol. The number of hydrogen-bond donors (Lipinski definition) is 6. The van der Waals surface area contributed by atoms with Crippen molar-refractivity contribution in [1.82, 2.24) is 20.9 Å². The van der Waals surface area contributed by atoms with Crippen molar-refractivity contribution < 1.29 is 24.3 Å². The number of carbonyl (C=O) groups excluding carboxylic acids is 3. The molecule has 1 heterocycles. The number of aromatic amines is 1. The number of nitrogens with one attached hydrogen (secondary N) is 4. The van der Waals surface area contributed by atoms with Crippen molar-refractivity contribution in [2.24, 2.45) is 11.7 Å². The summed E-state index contributed by atoms with van der Waals surface area (Å²) >= 11 is 1.48. The predicted octanol–water partition coefficient (Wildman–Crippen LogP) is 2.62. The molecular weight excluding hydrogens is 554 g/mol. The van der Waals surface area contributed by atoms with Gasteiger partial charge < -0.3 is 31.8 Å². The summed E-state index contributed by atoms with van der Waals surface area (Å²) in [4.78, 5) is 55.3. The van der Waals surface area contributed by atoms with Crippen LogP contribution in [0, 0.1) is 5.92 Å². The number of carboxylic acid groups (broad SMARTS) is 1. The maximum absolute atomic E-state index is 13.7. The van der Waals surface area contributed by atoms with Crippen LogP contribution in [0.4, 0.5) is 0 Å². The van der Waals surface area contributed by atoms with Gasteiger partial charge in [0.05, 0.1) is 6.04 Å². The Morgan fingerprint density at radius 2 is 1.57 bits per heavy atom. The van der Waals surface area contributed by atoms with Gasteiger partial charge in [0.25, 0.3) is 0 Å². The molecule has 3 rings (SSSR count). The van der Waals surface area contributed by atoms with Crippen molar-refractivity contribution in [3.63, 3.8) is 0 Å². The summed E-state index contributed by atoms with van der Waals surface area (Å²) in [6.45, 7) is 3.74. The van der Waals surface area contributed by atoms with E-state index < -0.39 is 47.9 Å². The zero-order valence-electron chi connectivity index (χ0n) is 24.3. The number of nitrogens with two attached hydrogens (primary N) is 1. The number of rotatable bonds is 16. The minimum atomic E-state index is -1.15. The highest BCUT2D eigenvalue weighted by Gasteiger charge is 2.33. The fraction of sp³-hybridized carbons (Fsp3) is 0.419. The Morgan fingerprint density at radius 3 is 2.24 bits per heavy atom. The van der Waals surface area contributed by atoms with E-state index in [1.165, 1.54) is 11.8 Å². The number of amides is 3. The van der Waals surface area contributed by atoms with Crippen LogP contribution in [0.1, 0.15) is 37.8 Å². The van der Waals surface area contributed by atoms with E-state index >= 15 is 0 Å². The van der Waals surface area contributed by atoms with Gasteiger partial charge in [-0.15, -0.1) is 0 Å². The minimum absolute atomic E-state index is 0.116. The van der Waals surface area contributed by atoms with Crippen molar-refractivity contribution in [1.29, 1.82) is 0 Å². The highest BCUT2D eigenvalue weighted by atomic mass is 32.2. The lowest BCUT2D eigenvalue weighted by Gasteiger charge is -2.28. The Kier molecular flexibility index (Phi) is 12.4. The summed E-state index contributed by atoms with van der Waals surface area (Å²) in [5, 5.41) is 18.8. The van der Waals surface area contributed by atoms with Gasteiger partial charge >= 0.3 is 5.97 Å². The van der Waals surface area contributed by atoms with Crippen LogP contribution >= 0.6 is 11.8 Å². The van der Waals surface area contributed by atoms with Crippen LogP contribution in [0.2, 0.25) is 0 Å². The van der Waals surface area contributed by atoms with Gasteiger partial charge in [-0.1, -0.05) is 68.8 Å². The van der Waals surface area contributed by atoms with Crippen molar-refractivity contribution >= 4 is 46.4 Å². The Bertz CT molecular complexity index is 1350. The van der Waals surface area contributed by atoms with Gasteiger partial charge in [0.1, 0.15) is 18.1 Å². The van der Waals surface area contributed by atoms with Gasteiger partial charge in [-0.2, -0.15) is 11.8 Å². The van der Waals surface area contributed by atoms with Gasteiger partial charge in [-0.05, 0) is 48.0 Å². The summed E-state index contributed by atoms with van der Waals surface area (Å²) in [6, 6.07) is 12.9. The van der Waals surface area contributed by atoms with E-state index in [0.717, 1.165) is 22.0 Å². The molecule has 0 aliphatic heterocycles. The molecule has 0 saturated heterocycles. The molecule has 5 atom stereocenters. The molecule has 42 heavy (non-hydrogen) atoms. The molecule has 2 aromatic carbocycles. The summed E-state index contributed by atoms with van der Waals surface area (Å²) < 4.78 is 0. The second kappa shape index (κ2) is 16.0. The van der Waals surface area contributed by atoms with Crippen molar-refractivity contribution in [2.75, 3.05) is 12.0 Å². The van der Waals surface area contributed by atoms with Gasteiger partial charge in [0.15, 0.2) is 0 Å². The van der Waals surface area contributed by atoms with Gasteiger partial charge in [-0.25, -0.2) is 4.79 Å². The second-order valence-corrected chi connectivity index (χ2v) is 11.5. The van der Waals surface area contributed by atoms with Crippen LogP contribution in [0.5, 0.6) is 0 Å². The summed E-state index contributed by atoms with van der Waals surface area (Å²) in [5.41, 5.74) is 8.75. The summed E-state index contributed by atoms with van der Waals surface area (Å²) in [6.07, 6.45) is 4.87. The van der Waals surface area contributed by atoms with E-state index in [1.54, 1.807) is 6.20 Å². The molecule has 7 N–H and O–H groups in total. The SMILES string of the molecule is CCC(C)C(NC(=O)C(N)Cc1ccccc1)C(=O)NC(Cc1c[nH]c2ccccc12)C(=O)NC(CCSC)C(=O)O. The van der Waals surface area contributed by atoms with Crippen molar-refractivity contribution in [2.45, 2.75) is 63.7 Å². The quantitative estimate of drug-likeness (QED) is 0.148. The van der Waals surface area contributed by atoms with E-state index in [0.29, 0.717) is 18.6 Å². The van der Waals surface area contributed by atoms with Crippen molar-refractivity contribution in [3.8, 4) is 0 Å². The molecule has 0 aliphatic rings. The molecule has 3 amide bonds. The molecule has 226 valence electrons. The molecule has 5 unspecified atom stereocenters. The molecule has 0 fully saturated rings. The largest absolute Gasteiger partial charge is 0.480 e. The number of H-pyrrole nitrogens is 1. The third-order valence-corrected chi connectivity index (χ3v) is 8.03. The van der Waals surface area contributed by atoms with Gasteiger partial charge in [0.2, 0.25) is 17.7 Å². The molecule has 11 heteroatoms. The standard InChI is InChI=1S/C31H41N5O5S/c1-4-19(2)27(36-28(37)23(32)16-20-10-6-5-7-11-20)30(39)35-26(29(38)34-25(31(40)41)14-15-42-3)17-21-18-33-24-13-9-8-12-22(21)24/h5-13,18-19,23,25-27,33H,4,14-17,32H2,1-3H3,(H,34,38)(H,35,39)(H,36,37)(H,40,41). The average Bonchev–Trinajstić information content (AvgIpc) is 3.39. The molecule has 0 bridgehead atoms. The molecular formula is C31H41N5O5S. The Balaban J connectivity index is 1.82. The maximum Gasteiger partial charge on any atom is 0.326 e. The Labute approximate surface area is 250 Å². The number of fused-ring (bicyclic) bond motifs is 1. The molecule has 10 nitrogen and oxygen atoms in total. The number of carboxylic acids is 1. The number of aromatic nitrogens is 1. The van der Waals surface area contributed by atoms with Crippen LogP contribution in [0.15, 0.2) is 60.8 Å². The molecule has 0 saturated carbocycles. The first kappa shape index (κ1) is 32.7. The van der Waals surface area contributed by atoms with E-state index in [9.17, 15) is 24.3 Å². The van der Waals surface area contributed by atoms with E-state index in [4.69, 9.17) is 5.73 Å². The monoisotopic (exact) mass is 595 g/mol. The average molecular weight is 596 g/mol. The van der Waals surface area contributed by atoms with E-state index in [1.807, 2.05) is 74.7 Å². The lowest BCUT2D eigenvalue weighted by atomic mass is 9.96. The van der Waals surface area contributed by atoms with Crippen molar-refractivity contribution in [3.05, 3.63) is 71.9 Å². The first-order valence-corrected chi connectivity index (χ1v) is 15.5. The highest BCUT2D eigenvalue weighted by molar-refractivity contribution is 7.98. The molecule has 1 aromatic heterocycles. The Morgan fingerprint density at radius 1 is 0.905 bits per heavy atom. The number of benzene rings is 2. The number of thioether (sulfide) groups is 1. The van der Waals surface area contributed by atoms with Crippen LogP contribution in [-0.4, -0.2) is 70.0 Å². The zero-order valence-corrected chi connectivity index (χ0v) is 25.1. The lowest BCUT2D eigenvalue weighted by Crippen LogP contribution is -2.59. The smallest absolute Gasteiger partial charge is 0.326 e. The third kappa shape index (κ3) is 9.09.